The lowest BCUT2D eigenvalue weighted by Crippen LogP contribution is -2.28. The first-order chi connectivity index (χ1) is 15.6. The molecular weight excluding hydrogens is 409 g/mol. The monoisotopic (exact) mass is 433 g/mol. The lowest BCUT2D eigenvalue weighted by molar-refractivity contribution is -0.122. The Kier molecular flexibility index (Phi) is 6.69. The molecule has 0 fully saturated rings. The molecule has 2 aromatic heterocycles. The summed E-state index contributed by atoms with van der Waals surface area (Å²) in [5, 5.41) is 6.96. The van der Waals surface area contributed by atoms with Gasteiger partial charge in [0.2, 0.25) is 17.6 Å². The molecule has 7 nitrogen and oxygen atoms in total. The van der Waals surface area contributed by atoms with Crippen molar-refractivity contribution in [1.29, 1.82) is 0 Å². The highest BCUT2D eigenvalue weighted by molar-refractivity contribution is 5.76. The van der Waals surface area contributed by atoms with Gasteiger partial charge in [-0.05, 0) is 42.7 Å². The van der Waals surface area contributed by atoms with Crippen LogP contribution >= 0.6 is 0 Å². The molecule has 1 amide bonds. The minimum atomic E-state index is -0.320. The maximum atomic E-state index is 13.0. The quantitative estimate of drug-likeness (QED) is 0.393. The van der Waals surface area contributed by atoms with Gasteiger partial charge < -0.3 is 14.8 Å². The second kappa shape index (κ2) is 10.00. The molecule has 0 bridgehead atoms. The van der Waals surface area contributed by atoms with Crippen LogP contribution in [0.25, 0.3) is 22.6 Å². The van der Waals surface area contributed by atoms with Crippen LogP contribution in [0.5, 0.6) is 0 Å². The standard InChI is InChI=1S/C24H24FN5O2/c1-2-19(24-26-15-20(28-24)16-7-4-3-5-8-16)27-21(31)9-6-10-22-29-23(30-32-22)17-11-13-18(25)14-12-17/h3-5,7-8,11-15,19H,2,6,9-10H2,1H3,(H,26,28)(H,27,31). The second-order valence-corrected chi connectivity index (χ2v) is 7.45. The number of nitrogens with zero attached hydrogens (tertiary/aromatic N) is 3. The van der Waals surface area contributed by atoms with Crippen LogP contribution in [0.15, 0.2) is 65.3 Å². The van der Waals surface area contributed by atoms with Crippen molar-refractivity contribution >= 4 is 5.91 Å². The summed E-state index contributed by atoms with van der Waals surface area (Å²) in [6, 6.07) is 15.6. The summed E-state index contributed by atoms with van der Waals surface area (Å²) in [6.45, 7) is 2.01. The predicted octanol–water partition coefficient (Wildman–Crippen LogP) is 4.86. The molecule has 0 aliphatic carbocycles. The fourth-order valence-electron chi connectivity index (χ4n) is 3.38. The zero-order valence-electron chi connectivity index (χ0n) is 17.7. The van der Waals surface area contributed by atoms with Crippen LogP contribution in [0, 0.1) is 5.82 Å². The van der Waals surface area contributed by atoms with E-state index in [1.807, 2.05) is 37.3 Å². The number of hydrogen-bond donors (Lipinski definition) is 2. The molecule has 2 heterocycles. The van der Waals surface area contributed by atoms with Crippen molar-refractivity contribution in [2.24, 2.45) is 0 Å². The summed E-state index contributed by atoms with van der Waals surface area (Å²) >= 11 is 0. The number of hydrogen-bond acceptors (Lipinski definition) is 5. The van der Waals surface area contributed by atoms with Crippen LogP contribution in [0.1, 0.15) is 43.9 Å². The number of H-pyrrole nitrogens is 1. The van der Waals surface area contributed by atoms with E-state index in [1.165, 1.54) is 12.1 Å². The van der Waals surface area contributed by atoms with Crippen molar-refractivity contribution in [1.82, 2.24) is 25.4 Å². The molecule has 1 atom stereocenters. The molecule has 32 heavy (non-hydrogen) atoms. The van der Waals surface area contributed by atoms with Crippen molar-refractivity contribution in [3.63, 3.8) is 0 Å². The van der Waals surface area contributed by atoms with Crippen LogP contribution < -0.4 is 5.32 Å². The third-order valence-corrected chi connectivity index (χ3v) is 5.12. The van der Waals surface area contributed by atoms with Gasteiger partial charge in [-0.3, -0.25) is 4.79 Å². The van der Waals surface area contributed by atoms with Crippen LogP contribution in [-0.4, -0.2) is 26.0 Å². The van der Waals surface area contributed by atoms with Crippen molar-refractivity contribution in [3.8, 4) is 22.6 Å². The van der Waals surface area contributed by atoms with Crippen LogP contribution in [0.3, 0.4) is 0 Å². The van der Waals surface area contributed by atoms with Crippen LogP contribution in [0.2, 0.25) is 0 Å². The lowest BCUT2D eigenvalue weighted by Gasteiger charge is -2.14. The summed E-state index contributed by atoms with van der Waals surface area (Å²) in [4.78, 5) is 24.5. The number of halogens is 1. The highest BCUT2D eigenvalue weighted by Gasteiger charge is 2.17. The smallest absolute Gasteiger partial charge is 0.226 e. The van der Waals surface area contributed by atoms with Gasteiger partial charge in [0.15, 0.2) is 0 Å². The number of carbonyl (C=O) groups is 1. The van der Waals surface area contributed by atoms with E-state index < -0.39 is 0 Å². The molecule has 2 N–H and O–H groups in total. The number of imidazole rings is 1. The Morgan fingerprint density at radius 2 is 1.91 bits per heavy atom. The number of aromatic nitrogens is 4. The normalized spacial score (nSPS) is 11.9. The van der Waals surface area contributed by atoms with Crippen molar-refractivity contribution < 1.29 is 13.7 Å². The zero-order chi connectivity index (χ0) is 22.3. The molecule has 0 spiro atoms. The Labute approximate surface area is 185 Å². The van der Waals surface area contributed by atoms with E-state index in [1.54, 1.807) is 18.3 Å². The number of nitrogens with one attached hydrogen (secondary N) is 2. The average Bonchev–Trinajstić information content (AvgIpc) is 3.49. The SMILES string of the molecule is CCC(NC(=O)CCCc1nc(-c2ccc(F)cc2)no1)c1ncc(-c2ccccc2)[nH]1. The number of aromatic amines is 1. The Hall–Kier alpha value is -3.81. The molecule has 8 heteroatoms. The van der Waals surface area contributed by atoms with Crippen molar-refractivity contribution in [2.45, 2.75) is 38.6 Å². The molecule has 0 aliphatic rings. The maximum Gasteiger partial charge on any atom is 0.226 e. The maximum absolute atomic E-state index is 13.0. The van der Waals surface area contributed by atoms with Gasteiger partial charge in [-0.1, -0.05) is 42.4 Å². The van der Waals surface area contributed by atoms with Gasteiger partial charge >= 0.3 is 0 Å². The van der Waals surface area contributed by atoms with Crippen LogP contribution in [0.4, 0.5) is 4.39 Å². The van der Waals surface area contributed by atoms with Gasteiger partial charge in [0.05, 0.1) is 17.9 Å². The highest BCUT2D eigenvalue weighted by atomic mass is 19.1. The average molecular weight is 433 g/mol. The third kappa shape index (κ3) is 5.26. The Morgan fingerprint density at radius 1 is 1.12 bits per heavy atom. The van der Waals surface area contributed by atoms with E-state index in [2.05, 4.69) is 25.4 Å². The molecule has 0 saturated carbocycles. The first kappa shape index (κ1) is 21.4. The topological polar surface area (TPSA) is 96.7 Å². The van der Waals surface area contributed by atoms with Gasteiger partial charge in [-0.2, -0.15) is 4.98 Å². The van der Waals surface area contributed by atoms with E-state index >= 15 is 0 Å². The summed E-state index contributed by atoms with van der Waals surface area (Å²) in [6.07, 6.45) is 3.89. The molecule has 0 saturated heterocycles. The first-order valence-corrected chi connectivity index (χ1v) is 10.6. The van der Waals surface area contributed by atoms with Gasteiger partial charge in [0.25, 0.3) is 0 Å². The van der Waals surface area contributed by atoms with E-state index in [0.717, 1.165) is 23.5 Å². The van der Waals surface area contributed by atoms with E-state index in [-0.39, 0.29) is 17.8 Å². The van der Waals surface area contributed by atoms with Crippen molar-refractivity contribution in [2.75, 3.05) is 0 Å². The zero-order valence-corrected chi connectivity index (χ0v) is 17.7. The van der Waals surface area contributed by atoms with Gasteiger partial charge in [0, 0.05) is 18.4 Å². The minimum absolute atomic E-state index is 0.0622. The number of benzene rings is 2. The fraction of sp³-hybridized carbons (Fsp3) is 0.250. The molecule has 164 valence electrons. The second-order valence-electron chi connectivity index (χ2n) is 7.45. The molecule has 0 aliphatic heterocycles. The van der Waals surface area contributed by atoms with E-state index in [0.29, 0.717) is 36.5 Å². The van der Waals surface area contributed by atoms with Gasteiger partial charge in [-0.15, -0.1) is 0 Å². The molecule has 4 aromatic rings. The molecule has 2 aromatic carbocycles. The Morgan fingerprint density at radius 3 is 2.66 bits per heavy atom. The molecule has 1 unspecified atom stereocenters. The fourth-order valence-corrected chi connectivity index (χ4v) is 3.38. The highest BCUT2D eigenvalue weighted by Crippen LogP contribution is 2.21. The third-order valence-electron chi connectivity index (χ3n) is 5.12. The summed E-state index contributed by atoms with van der Waals surface area (Å²) < 4.78 is 18.3. The molecule has 0 radical (unpaired) electrons. The number of carbonyl (C=O) groups excluding carboxylic acids is 1. The van der Waals surface area contributed by atoms with E-state index in [4.69, 9.17) is 4.52 Å². The number of amides is 1. The van der Waals surface area contributed by atoms with Gasteiger partial charge in [0.1, 0.15) is 11.6 Å². The minimum Gasteiger partial charge on any atom is -0.346 e. The largest absolute Gasteiger partial charge is 0.346 e. The number of aryl methyl sites for hydroxylation is 1. The predicted molar refractivity (Wildman–Crippen MR) is 118 cm³/mol. The summed E-state index contributed by atoms with van der Waals surface area (Å²) in [5.41, 5.74) is 2.65. The lowest BCUT2D eigenvalue weighted by atomic mass is 10.1. The summed E-state index contributed by atoms with van der Waals surface area (Å²) in [5.74, 6) is 1.21. The summed E-state index contributed by atoms with van der Waals surface area (Å²) in [7, 11) is 0. The molecule has 4 rings (SSSR count). The Bertz CT molecular complexity index is 1150. The van der Waals surface area contributed by atoms with Gasteiger partial charge in [-0.25, -0.2) is 9.37 Å². The van der Waals surface area contributed by atoms with E-state index in [9.17, 15) is 9.18 Å². The van der Waals surface area contributed by atoms with Crippen LogP contribution in [-0.2, 0) is 11.2 Å². The van der Waals surface area contributed by atoms with Crippen molar-refractivity contribution in [3.05, 3.63) is 78.3 Å². The number of rotatable bonds is 9. The molecular formula is C24H24FN5O2. The first-order valence-electron chi connectivity index (χ1n) is 10.6. The Balaban J connectivity index is 1.28.